The van der Waals surface area contributed by atoms with Crippen molar-refractivity contribution in [3.8, 4) is 5.75 Å². The largest absolute Gasteiger partial charge is 0.544 e. The van der Waals surface area contributed by atoms with Gasteiger partial charge in [-0.15, -0.1) is 0 Å². The van der Waals surface area contributed by atoms with Crippen LogP contribution in [0.2, 0.25) is 19.6 Å². The molecule has 0 saturated carbocycles. The van der Waals surface area contributed by atoms with Crippen molar-refractivity contribution in [3.63, 3.8) is 0 Å². The van der Waals surface area contributed by atoms with Crippen LogP contribution in [0.3, 0.4) is 0 Å². The minimum Gasteiger partial charge on any atom is -0.544 e. The molecule has 5 heteroatoms. The van der Waals surface area contributed by atoms with Gasteiger partial charge in [0.15, 0.2) is 0 Å². The molecule has 0 saturated heterocycles. The van der Waals surface area contributed by atoms with Crippen LogP contribution in [0.4, 0.5) is 11.4 Å². The Hall–Kier alpha value is -2.50. The zero-order chi connectivity index (χ0) is 20.6. The fourth-order valence-electron chi connectivity index (χ4n) is 3.73. The maximum Gasteiger partial charge on any atom is 0.242 e. The molecule has 0 aliphatic carbocycles. The van der Waals surface area contributed by atoms with Crippen LogP contribution in [0, 0.1) is 0 Å². The maximum absolute atomic E-state index is 13.4. The quantitative estimate of drug-likeness (QED) is 0.360. The normalized spacial score (nSPS) is 13.6. The van der Waals surface area contributed by atoms with Gasteiger partial charge in [0.05, 0.1) is 5.92 Å². The summed E-state index contributed by atoms with van der Waals surface area (Å²) in [6.07, 6.45) is 0. The van der Waals surface area contributed by atoms with Gasteiger partial charge in [0, 0.05) is 23.3 Å². The predicted octanol–water partition coefficient (Wildman–Crippen LogP) is 6.43. The third-order valence-electron chi connectivity index (χ3n) is 4.92. The standard InChI is InChI=1S/C24H25NO2SSi/c1-25-21-11-7-5-9-19(21)23(20-10-6-8-12-22(20)25)24(26)28-18-15-13-17(14-16-18)27-29(2,3)4/h5-16,23H,1-4H3. The summed E-state index contributed by atoms with van der Waals surface area (Å²) in [6, 6.07) is 24.2. The number of rotatable bonds is 4. The number of carbonyl (C=O) groups is 1. The molecule has 0 radical (unpaired) electrons. The molecule has 0 N–H and O–H groups in total. The maximum atomic E-state index is 13.4. The average molecular weight is 420 g/mol. The molecule has 3 aromatic rings. The highest BCUT2D eigenvalue weighted by Crippen LogP contribution is 2.47. The SMILES string of the molecule is CN1c2ccccc2C(C(=O)Sc2ccc(O[Si](C)(C)C)cc2)c2ccccc21. The topological polar surface area (TPSA) is 29.5 Å². The van der Waals surface area contributed by atoms with Gasteiger partial charge < -0.3 is 9.33 Å². The number of fused-ring (bicyclic) bond motifs is 2. The molecular weight excluding hydrogens is 394 g/mol. The lowest BCUT2D eigenvalue weighted by atomic mass is 9.86. The fourth-order valence-corrected chi connectivity index (χ4v) is 5.45. The van der Waals surface area contributed by atoms with Gasteiger partial charge in [-0.25, -0.2) is 0 Å². The Kier molecular flexibility index (Phi) is 5.28. The molecular formula is C24H25NO2SSi. The second-order valence-corrected chi connectivity index (χ2v) is 13.7. The van der Waals surface area contributed by atoms with E-state index < -0.39 is 8.32 Å². The van der Waals surface area contributed by atoms with Crippen molar-refractivity contribution in [3.05, 3.63) is 83.9 Å². The molecule has 1 aliphatic rings. The van der Waals surface area contributed by atoms with Crippen molar-refractivity contribution in [1.29, 1.82) is 0 Å². The van der Waals surface area contributed by atoms with Crippen molar-refractivity contribution in [2.75, 3.05) is 11.9 Å². The van der Waals surface area contributed by atoms with Crippen molar-refractivity contribution < 1.29 is 9.22 Å². The molecule has 0 amide bonds. The van der Waals surface area contributed by atoms with Gasteiger partial charge in [0.2, 0.25) is 13.4 Å². The highest BCUT2D eigenvalue weighted by molar-refractivity contribution is 8.13. The highest BCUT2D eigenvalue weighted by Gasteiger charge is 2.33. The lowest BCUT2D eigenvalue weighted by Crippen LogP contribution is -2.29. The summed E-state index contributed by atoms with van der Waals surface area (Å²) >= 11 is 1.30. The zero-order valence-corrected chi connectivity index (χ0v) is 19.0. The first-order chi connectivity index (χ1) is 13.8. The fraction of sp³-hybridized carbons (Fsp3) is 0.208. The van der Waals surface area contributed by atoms with Gasteiger partial charge in [-0.3, -0.25) is 4.79 Å². The summed E-state index contributed by atoms with van der Waals surface area (Å²) in [5.74, 6) is 0.595. The second kappa shape index (κ2) is 7.73. The number of para-hydroxylation sites is 2. The number of hydrogen-bond donors (Lipinski definition) is 0. The average Bonchev–Trinajstić information content (AvgIpc) is 2.69. The molecule has 0 aromatic heterocycles. The lowest BCUT2D eigenvalue weighted by Gasteiger charge is -2.34. The molecule has 148 valence electrons. The van der Waals surface area contributed by atoms with Crippen LogP contribution in [0.5, 0.6) is 5.75 Å². The molecule has 3 aromatic carbocycles. The minimum atomic E-state index is -1.64. The van der Waals surface area contributed by atoms with E-state index in [2.05, 4.69) is 55.9 Å². The number of carbonyl (C=O) groups excluding carboxylic acids is 1. The van der Waals surface area contributed by atoms with Crippen LogP contribution < -0.4 is 9.33 Å². The molecule has 1 aliphatic heterocycles. The Balaban J connectivity index is 1.63. The van der Waals surface area contributed by atoms with Gasteiger partial charge in [-0.2, -0.15) is 0 Å². The van der Waals surface area contributed by atoms with Gasteiger partial charge in [-0.05, 0) is 67.2 Å². The molecule has 3 nitrogen and oxygen atoms in total. The van der Waals surface area contributed by atoms with Crippen LogP contribution in [-0.2, 0) is 4.79 Å². The number of hydrogen-bond acceptors (Lipinski definition) is 4. The predicted molar refractivity (Wildman–Crippen MR) is 124 cm³/mol. The minimum absolute atomic E-state index is 0.136. The van der Waals surface area contributed by atoms with Crippen LogP contribution >= 0.6 is 11.8 Å². The molecule has 4 rings (SSSR count). The van der Waals surface area contributed by atoms with E-state index in [9.17, 15) is 4.79 Å². The monoisotopic (exact) mass is 419 g/mol. The molecule has 0 fully saturated rings. The number of benzene rings is 3. The molecule has 1 heterocycles. The van der Waals surface area contributed by atoms with Crippen LogP contribution in [0.1, 0.15) is 17.0 Å². The Morgan fingerprint density at radius 3 is 1.90 bits per heavy atom. The number of nitrogens with zero attached hydrogens (tertiary/aromatic N) is 1. The first kappa shape index (κ1) is 19.8. The van der Waals surface area contributed by atoms with E-state index in [4.69, 9.17) is 4.43 Å². The first-order valence-corrected chi connectivity index (χ1v) is 14.0. The summed E-state index contributed by atoms with van der Waals surface area (Å²) < 4.78 is 6.02. The Morgan fingerprint density at radius 1 is 0.862 bits per heavy atom. The Bertz CT molecular complexity index is 996. The van der Waals surface area contributed by atoms with Crippen molar-refractivity contribution in [1.82, 2.24) is 0 Å². The van der Waals surface area contributed by atoms with Crippen molar-refractivity contribution in [2.45, 2.75) is 30.5 Å². The Morgan fingerprint density at radius 2 is 1.38 bits per heavy atom. The molecule has 0 atom stereocenters. The molecule has 29 heavy (non-hydrogen) atoms. The third kappa shape index (κ3) is 4.11. The van der Waals surface area contributed by atoms with E-state index in [1.54, 1.807) is 0 Å². The van der Waals surface area contributed by atoms with E-state index in [1.807, 2.05) is 48.5 Å². The summed E-state index contributed by atoms with van der Waals surface area (Å²) in [4.78, 5) is 16.5. The van der Waals surface area contributed by atoms with Crippen molar-refractivity contribution in [2.24, 2.45) is 0 Å². The Labute approximate surface area is 177 Å². The smallest absolute Gasteiger partial charge is 0.242 e. The molecule has 0 bridgehead atoms. The van der Waals surface area contributed by atoms with Crippen molar-refractivity contribution >= 4 is 36.6 Å². The van der Waals surface area contributed by atoms with E-state index in [0.29, 0.717) is 0 Å². The molecule has 0 unspecified atom stereocenters. The van der Waals surface area contributed by atoms with E-state index in [1.165, 1.54) is 11.8 Å². The van der Waals surface area contributed by atoms with Gasteiger partial charge >= 0.3 is 0 Å². The molecule has 0 spiro atoms. The van der Waals surface area contributed by atoms with E-state index >= 15 is 0 Å². The summed E-state index contributed by atoms with van der Waals surface area (Å²) in [6.45, 7) is 6.48. The summed E-state index contributed by atoms with van der Waals surface area (Å²) in [5, 5.41) is 0.136. The van der Waals surface area contributed by atoms with E-state index in [0.717, 1.165) is 33.1 Å². The first-order valence-electron chi connectivity index (χ1n) is 9.76. The zero-order valence-electron chi connectivity index (χ0n) is 17.2. The third-order valence-corrected chi connectivity index (χ3v) is 6.71. The highest BCUT2D eigenvalue weighted by atomic mass is 32.2. The van der Waals surface area contributed by atoms with Crippen LogP contribution in [0.25, 0.3) is 0 Å². The van der Waals surface area contributed by atoms with E-state index in [-0.39, 0.29) is 11.0 Å². The van der Waals surface area contributed by atoms with Gasteiger partial charge in [0.25, 0.3) is 0 Å². The van der Waals surface area contributed by atoms with Crippen LogP contribution in [0.15, 0.2) is 77.7 Å². The van der Waals surface area contributed by atoms with Gasteiger partial charge in [0.1, 0.15) is 5.75 Å². The van der Waals surface area contributed by atoms with Crippen LogP contribution in [-0.4, -0.2) is 20.5 Å². The lowest BCUT2D eigenvalue weighted by molar-refractivity contribution is -0.111. The number of anilines is 2. The number of thioether (sulfide) groups is 1. The summed E-state index contributed by atoms with van der Waals surface area (Å²) in [5.41, 5.74) is 4.29. The summed E-state index contributed by atoms with van der Waals surface area (Å²) in [7, 11) is 0.420. The van der Waals surface area contributed by atoms with Gasteiger partial charge in [-0.1, -0.05) is 48.2 Å². The second-order valence-electron chi connectivity index (χ2n) is 8.22.